The number of nitrogens with zero attached hydrogens (tertiary/aromatic N) is 4. The molecule has 2 aliphatic heterocycles. The molecule has 2 saturated heterocycles. The number of piperidine rings is 1. The summed E-state index contributed by atoms with van der Waals surface area (Å²) in [7, 11) is 0. The minimum absolute atomic E-state index is 0.0204. The molecule has 0 aliphatic carbocycles. The van der Waals surface area contributed by atoms with E-state index in [4.69, 9.17) is 0 Å². The van der Waals surface area contributed by atoms with Gasteiger partial charge in [-0.25, -0.2) is 0 Å². The Morgan fingerprint density at radius 3 is 3.05 bits per heavy atom. The fraction of sp³-hybridized carbons (Fsp3) is 0.667. The van der Waals surface area contributed by atoms with Crippen molar-refractivity contribution >= 4 is 11.8 Å². The number of amides is 2. The molecule has 7 nitrogen and oxygen atoms in total. The Balaban J connectivity index is 1.67. The van der Waals surface area contributed by atoms with Crippen LogP contribution in [0.5, 0.6) is 0 Å². The van der Waals surface area contributed by atoms with Gasteiger partial charge >= 0.3 is 0 Å². The molecule has 2 fully saturated rings. The summed E-state index contributed by atoms with van der Waals surface area (Å²) in [6, 6.07) is 0.147. The minimum Gasteiger partial charge on any atom is -0.336 e. The van der Waals surface area contributed by atoms with Crippen LogP contribution in [0.2, 0.25) is 0 Å². The van der Waals surface area contributed by atoms with Crippen LogP contribution < -0.4 is 5.32 Å². The monoisotopic (exact) mass is 305 g/mol. The zero-order valence-corrected chi connectivity index (χ0v) is 13.0. The number of likely N-dealkylation sites (tertiary alicyclic amines) is 1. The number of piperazine rings is 1. The van der Waals surface area contributed by atoms with E-state index >= 15 is 0 Å². The molecule has 7 heteroatoms. The van der Waals surface area contributed by atoms with E-state index in [1.807, 2.05) is 16.7 Å². The molecule has 1 unspecified atom stereocenters. The van der Waals surface area contributed by atoms with Gasteiger partial charge in [-0.3, -0.25) is 14.3 Å². The van der Waals surface area contributed by atoms with Gasteiger partial charge in [0.15, 0.2) is 0 Å². The molecular formula is C15H23N5O2. The normalized spacial score (nSPS) is 23.0. The number of aromatic nitrogens is 2. The van der Waals surface area contributed by atoms with Gasteiger partial charge in [0, 0.05) is 45.0 Å². The first-order valence-corrected chi connectivity index (χ1v) is 8.01. The standard InChI is InChI=1S/C15H23N5O2/c1-2-19-10-12(8-17-19)15(22)18-6-3-4-13(11-18)20-7-5-16-9-14(20)21/h8,10,13,16H,2-7,9,11H2,1H3. The lowest BCUT2D eigenvalue weighted by atomic mass is 10.0. The van der Waals surface area contributed by atoms with E-state index in [2.05, 4.69) is 10.4 Å². The maximum atomic E-state index is 12.6. The van der Waals surface area contributed by atoms with E-state index in [0.29, 0.717) is 18.7 Å². The second-order valence-electron chi connectivity index (χ2n) is 5.90. The second-order valence-corrected chi connectivity index (χ2v) is 5.90. The summed E-state index contributed by atoms with van der Waals surface area (Å²) in [5, 5.41) is 7.26. The van der Waals surface area contributed by atoms with Crippen molar-refractivity contribution in [2.75, 3.05) is 32.7 Å². The maximum absolute atomic E-state index is 12.6. The molecule has 2 amide bonds. The SMILES string of the molecule is CCn1cc(C(=O)N2CCCC(N3CCNCC3=O)C2)cn1. The minimum atomic E-state index is 0.0204. The molecule has 1 aromatic heterocycles. The Hall–Kier alpha value is -1.89. The molecule has 0 aromatic carbocycles. The first kappa shape index (κ1) is 15.0. The van der Waals surface area contributed by atoms with Gasteiger partial charge < -0.3 is 15.1 Å². The fourth-order valence-corrected chi connectivity index (χ4v) is 3.23. The van der Waals surface area contributed by atoms with E-state index in [1.54, 1.807) is 17.1 Å². The van der Waals surface area contributed by atoms with Gasteiger partial charge in [-0.05, 0) is 19.8 Å². The van der Waals surface area contributed by atoms with Gasteiger partial charge in [0.1, 0.15) is 0 Å². The van der Waals surface area contributed by atoms with Crippen LogP contribution in [0.25, 0.3) is 0 Å². The molecule has 2 aliphatic rings. The summed E-state index contributed by atoms with van der Waals surface area (Å²) in [6.07, 6.45) is 5.34. The lowest BCUT2D eigenvalue weighted by Crippen LogP contribution is -2.57. The smallest absolute Gasteiger partial charge is 0.257 e. The van der Waals surface area contributed by atoms with E-state index in [-0.39, 0.29) is 17.9 Å². The highest BCUT2D eigenvalue weighted by Gasteiger charge is 2.32. The van der Waals surface area contributed by atoms with Crippen LogP contribution >= 0.6 is 0 Å². The third kappa shape index (κ3) is 2.99. The van der Waals surface area contributed by atoms with Crippen LogP contribution in [-0.2, 0) is 11.3 Å². The molecule has 0 spiro atoms. The van der Waals surface area contributed by atoms with E-state index in [9.17, 15) is 9.59 Å². The van der Waals surface area contributed by atoms with Crippen LogP contribution in [0.3, 0.4) is 0 Å². The van der Waals surface area contributed by atoms with Gasteiger partial charge in [0.2, 0.25) is 5.91 Å². The van der Waals surface area contributed by atoms with E-state index in [0.717, 1.165) is 39.0 Å². The van der Waals surface area contributed by atoms with Gasteiger partial charge in [-0.1, -0.05) is 0 Å². The van der Waals surface area contributed by atoms with Crippen LogP contribution in [0.15, 0.2) is 12.4 Å². The average molecular weight is 305 g/mol. The molecular weight excluding hydrogens is 282 g/mol. The third-order valence-corrected chi connectivity index (χ3v) is 4.45. The van der Waals surface area contributed by atoms with E-state index in [1.165, 1.54) is 0 Å². The van der Waals surface area contributed by atoms with Gasteiger partial charge in [-0.2, -0.15) is 5.10 Å². The van der Waals surface area contributed by atoms with Crippen molar-refractivity contribution in [2.45, 2.75) is 32.4 Å². The third-order valence-electron chi connectivity index (χ3n) is 4.45. The lowest BCUT2D eigenvalue weighted by molar-refractivity contribution is -0.135. The summed E-state index contributed by atoms with van der Waals surface area (Å²) in [6.45, 7) is 6.11. The Kier molecular flexibility index (Phi) is 4.42. The number of rotatable bonds is 3. The number of carbonyl (C=O) groups excluding carboxylic acids is 2. The highest BCUT2D eigenvalue weighted by molar-refractivity contribution is 5.93. The first-order chi connectivity index (χ1) is 10.7. The highest BCUT2D eigenvalue weighted by atomic mass is 16.2. The van der Waals surface area contributed by atoms with Gasteiger partial charge in [0.05, 0.1) is 18.3 Å². The van der Waals surface area contributed by atoms with Crippen molar-refractivity contribution in [3.8, 4) is 0 Å². The molecule has 1 atom stereocenters. The summed E-state index contributed by atoms with van der Waals surface area (Å²) in [5.74, 6) is 0.163. The highest BCUT2D eigenvalue weighted by Crippen LogP contribution is 2.19. The van der Waals surface area contributed by atoms with Crippen molar-refractivity contribution < 1.29 is 9.59 Å². The lowest BCUT2D eigenvalue weighted by Gasteiger charge is -2.41. The zero-order valence-electron chi connectivity index (χ0n) is 13.0. The van der Waals surface area contributed by atoms with Crippen LogP contribution in [-0.4, -0.2) is 70.2 Å². The Morgan fingerprint density at radius 2 is 2.32 bits per heavy atom. The Morgan fingerprint density at radius 1 is 1.45 bits per heavy atom. The average Bonchev–Trinajstić information content (AvgIpc) is 3.04. The van der Waals surface area contributed by atoms with Crippen molar-refractivity contribution in [3.63, 3.8) is 0 Å². The fourth-order valence-electron chi connectivity index (χ4n) is 3.23. The summed E-state index contributed by atoms with van der Waals surface area (Å²) in [4.78, 5) is 28.4. The zero-order chi connectivity index (χ0) is 15.5. The predicted molar refractivity (Wildman–Crippen MR) is 81.4 cm³/mol. The number of hydrogen-bond donors (Lipinski definition) is 1. The summed E-state index contributed by atoms with van der Waals surface area (Å²) < 4.78 is 1.76. The molecule has 3 rings (SSSR count). The number of aryl methyl sites for hydroxylation is 1. The Bertz CT molecular complexity index is 556. The number of nitrogens with one attached hydrogen (secondary N) is 1. The molecule has 0 saturated carbocycles. The molecule has 0 bridgehead atoms. The van der Waals surface area contributed by atoms with Crippen molar-refractivity contribution in [1.82, 2.24) is 24.9 Å². The number of hydrogen-bond acceptors (Lipinski definition) is 4. The molecule has 0 radical (unpaired) electrons. The van der Waals surface area contributed by atoms with Crippen molar-refractivity contribution in [1.29, 1.82) is 0 Å². The number of carbonyl (C=O) groups is 2. The molecule has 22 heavy (non-hydrogen) atoms. The predicted octanol–water partition coefficient (Wildman–Crippen LogP) is -0.0606. The van der Waals surface area contributed by atoms with E-state index < -0.39 is 0 Å². The molecule has 1 aromatic rings. The van der Waals surface area contributed by atoms with Gasteiger partial charge in [0.25, 0.3) is 5.91 Å². The molecule has 1 N–H and O–H groups in total. The first-order valence-electron chi connectivity index (χ1n) is 8.01. The van der Waals surface area contributed by atoms with Crippen LogP contribution in [0, 0.1) is 0 Å². The van der Waals surface area contributed by atoms with Crippen LogP contribution in [0.1, 0.15) is 30.1 Å². The molecule has 3 heterocycles. The second kappa shape index (κ2) is 6.48. The summed E-state index contributed by atoms with van der Waals surface area (Å²) in [5.41, 5.74) is 0.633. The maximum Gasteiger partial charge on any atom is 0.257 e. The van der Waals surface area contributed by atoms with Crippen molar-refractivity contribution in [3.05, 3.63) is 18.0 Å². The summed E-state index contributed by atoms with van der Waals surface area (Å²) >= 11 is 0. The van der Waals surface area contributed by atoms with Crippen LogP contribution in [0.4, 0.5) is 0 Å². The molecule has 120 valence electrons. The Labute approximate surface area is 130 Å². The topological polar surface area (TPSA) is 70.5 Å². The largest absolute Gasteiger partial charge is 0.336 e. The quantitative estimate of drug-likeness (QED) is 0.849. The van der Waals surface area contributed by atoms with Crippen molar-refractivity contribution in [2.24, 2.45) is 0 Å². The van der Waals surface area contributed by atoms with Gasteiger partial charge in [-0.15, -0.1) is 0 Å².